The van der Waals surface area contributed by atoms with Crippen molar-refractivity contribution in [2.45, 2.75) is 32.2 Å². The van der Waals surface area contributed by atoms with Gasteiger partial charge in [0, 0.05) is 13.6 Å². The maximum atomic E-state index is 12.4. The van der Waals surface area contributed by atoms with Crippen LogP contribution in [0.25, 0.3) is 0 Å². The van der Waals surface area contributed by atoms with E-state index in [2.05, 4.69) is 0 Å². The number of hydrogen-bond acceptors (Lipinski definition) is 3. The maximum Gasteiger partial charge on any atom is 0.230 e. The van der Waals surface area contributed by atoms with E-state index in [1.165, 1.54) is 0 Å². The summed E-state index contributed by atoms with van der Waals surface area (Å²) in [7, 11) is 1.82. The van der Waals surface area contributed by atoms with Crippen LogP contribution in [-0.2, 0) is 11.3 Å². The third kappa shape index (κ3) is 2.87. The second kappa shape index (κ2) is 6.25. The van der Waals surface area contributed by atoms with Crippen molar-refractivity contribution in [3.05, 3.63) is 24.2 Å². The first kappa shape index (κ1) is 15.1. The lowest BCUT2D eigenvalue weighted by Crippen LogP contribution is -2.44. The van der Waals surface area contributed by atoms with E-state index in [0.717, 1.165) is 31.4 Å². The Morgan fingerprint density at radius 2 is 2.17 bits per heavy atom. The molecular weight excluding hydrogens is 252 g/mol. The number of carbonyl (C=O) groups excluding carboxylic acids is 1. The largest absolute Gasteiger partial charge is 0.467 e. The number of amides is 1. The monoisotopic (exact) mass is 272 g/mol. The fraction of sp³-hybridized carbons (Fsp3) is 0.615. The Kier molecular flexibility index (Phi) is 5.23. The first-order valence-electron chi connectivity index (χ1n) is 6.16. The van der Waals surface area contributed by atoms with E-state index in [1.807, 2.05) is 19.2 Å². The van der Waals surface area contributed by atoms with E-state index in [4.69, 9.17) is 10.2 Å². The van der Waals surface area contributed by atoms with Crippen LogP contribution in [0.4, 0.5) is 0 Å². The van der Waals surface area contributed by atoms with Crippen LogP contribution in [0.5, 0.6) is 0 Å². The zero-order chi connectivity index (χ0) is 12.3. The molecule has 1 fully saturated rings. The van der Waals surface area contributed by atoms with Gasteiger partial charge in [0.05, 0.1) is 18.2 Å². The van der Waals surface area contributed by atoms with Crippen molar-refractivity contribution < 1.29 is 9.21 Å². The summed E-state index contributed by atoms with van der Waals surface area (Å²) in [5.74, 6) is 0.972. The first-order valence-corrected chi connectivity index (χ1v) is 6.16. The number of carbonyl (C=O) groups is 1. The number of rotatable bonds is 4. The number of hydrogen-bond donors (Lipinski definition) is 1. The predicted molar refractivity (Wildman–Crippen MR) is 72.4 cm³/mol. The smallest absolute Gasteiger partial charge is 0.230 e. The van der Waals surface area contributed by atoms with Crippen molar-refractivity contribution in [1.82, 2.24) is 4.90 Å². The Labute approximate surface area is 114 Å². The summed E-state index contributed by atoms with van der Waals surface area (Å²) in [5.41, 5.74) is 5.49. The molecule has 0 aromatic carbocycles. The van der Waals surface area contributed by atoms with Crippen LogP contribution in [0.3, 0.4) is 0 Å². The predicted octanol–water partition coefficient (Wildman–Crippen LogP) is 2.18. The molecule has 0 unspecified atom stereocenters. The molecule has 4 nitrogen and oxygen atoms in total. The van der Waals surface area contributed by atoms with Crippen LogP contribution in [0, 0.1) is 5.41 Å². The quantitative estimate of drug-likeness (QED) is 0.914. The van der Waals surface area contributed by atoms with Gasteiger partial charge in [-0.25, -0.2) is 0 Å². The summed E-state index contributed by atoms with van der Waals surface area (Å²) in [5, 5.41) is 0. The summed E-state index contributed by atoms with van der Waals surface area (Å²) >= 11 is 0. The molecule has 2 rings (SSSR count). The Morgan fingerprint density at radius 1 is 1.50 bits per heavy atom. The first-order chi connectivity index (χ1) is 8.18. The lowest BCUT2D eigenvalue weighted by atomic mass is 9.85. The minimum absolute atomic E-state index is 0. The molecule has 0 radical (unpaired) electrons. The summed E-state index contributed by atoms with van der Waals surface area (Å²) in [6, 6.07) is 3.72. The molecule has 0 spiro atoms. The van der Waals surface area contributed by atoms with E-state index in [9.17, 15) is 4.79 Å². The van der Waals surface area contributed by atoms with Crippen LogP contribution < -0.4 is 5.73 Å². The summed E-state index contributed by atoms with van der Waals surface area (Å²) in [6.07, 6.45) is 5.69. The number of nitrogens with zero attached hydrogens (tertiary/aromatic N) is 1. The highest BCUT2D eigenvalue weighted by Crippen LogP contribution is 2.38. The van der Waals surface area contributed by atoms with E-state index in [-0.39, 0.29) is 23.7 Å². The fourth-order valence-electron chi connectivity index (χ4n) is 2.67. The molecule has 1 amide bonds. The molecule has 1 heterocycles. The molecule has 1 aromatic heterocycles. The van der Waals surface area contributed by atoms with E-state index in [1.54, 1.807) is 11.2 Å². The minimum atomic E-state index is -0.318. The second-order valence-corrected chi connectivity index (χ2v) is 4.93. The SMILES string of the molecule is CN(Cc1ccco1)C(=O)C1(CN)CCCC1.Cl. The summed E-state index contributed by atoms with van der Waals surface area (Å²) in [6.45, 7) is 0.974. The van der Waals surface area contributed by atoms with E-state index < -0.39 is 0 Å². The normalized spacial score (nSPS) is 17.2. The Morgan fingerprint density at radius 3 is 2.67 bits per heavy atom. The molecule has 1 aliphatic carbocycles. The second-order valence-electron chi connectivity index (χ2n) is 4.93. The van der Waals surface area contributed by atoms with Crippen LogP contribution >= 0.6 is 12.4 Å². The molecule has 0 aliphatic heterocycles. The molecule has 18 heavy (non-hydrogen) atoms. The van der Waals surface area contributed by atoms with Crippen molar-refractivity contribution in [2.24, 2.45) is 11.1 Å². The van der Waals surface area contributed by atoms with Crippen molar-refractivity contribution in [2.75, 3.05) is 13.6 Å². The third-order valence-corrected chi connectivity index (χ3v) is 3.72. The maximum absolute atomic E-state index is 12.4. The standard InChI is InChI=1S/C13H20N2O2.ClH/c1-15(9-11-5-4-8-17-11)12(16)13(10-14)6-2-3-7-13;/h4-5,8H,2-3,6-7,9-10,14H2,1H3;1H. The van der Waals surface area contributed by atoms with Gasteiger partial charge in [-0.2, -0.15) is 0 Å². The zero-order valence-corrected chi connectivity index (χ0v) is 11.5. The fourth-order valence-corrected chi connectivity index (χ4v) is 2.67. The van der Waals surface area contributed by atoms with Crippen LogP contribution in [0.2, 0.25) is 0 Å². The van der Waals surface area contributed by atoms with E-state index >= 15 is 0 Å². The number of nitrogens with two attached hydrogens (primary N) is 1. The lowest BCUT2D eigenvalue weighted by Gasteiger charge is -2.30. The Hall–Kier alpha value is -1.00. The van der Waals surface area contributed by atoms with Gasteiger partial charge in [0.25, 0.3) is 0 Å². The Balaban J connectivity index is 0.00000162. The Bertz CT molecular complexity index is 372. The van der Waals surface area contributed by atoms with Crippen LogP contribution in [0.1, 0.15) is 31.4 Å². The molecule has 1 aliphatic rings. The highest BCUT2D eigenvalue weighted by atomic mass is 35.5. The van der Waals surface area contributed by atoms with Crippen molar-refractivity contribution in [3.8, 4) is 0 Å². The van der Waals surface area contributed by atoms with Crippen molar-refractivity contribution in [1.29, 1.82) is 0 Å². The molecule has 1 saturated carbocycles. The minimum Gasteiger partial charge on any atom is -0.467 e. The number of halogens is 1. The summed E-state index contributed by atoms with van der Waals surface area (Å²) < 4.78 is 5.26. The molecule has 0 atom stereocenters. The van der Waals surface area contributed by atoms with Gasteiger partial charge < -0.3 is 15.1 Å². The van der Waals surface area contributed by atoms with E-state index in [0.29, 0.717) is 13.1 Å². The van der Waals surface area contributed by atoms with Gasteiger partial charge in [0.15, 0.2) is 0 Å². The topological polar surface area (TPSA) is 59.5 Å². The highest BCUT2D eigenvalue weighted by Gasteiger charge is 2.41. The van der Waals surface area contributed by atoms with Crippen molar-refractivity contribution in [3.63, 3.8) is 0 Å². The molecule has 5 heteroatoms. The van der Waals surface area contributed by atoms with Gasteiger partial charge in [-0.1, -0.05) is 12.8 Å². The molecular formula is C13H21ClN2O2. The third-order valence-electron chi connectivity index (χ3n) is 3.72. The van der Waals surface area contributed by atoms with Crippen LogP contribution in [-0.4, -0.2) is 24.4 Å². The average molecular weight is 273 g/mol. The molecule has 2 N–H and O–H groups in total. The zero-order valence-electron chi connectivity index (χ0n) is 10.7. The van der Waals surface area contributed by atoms with Gasteiger partial charge in [-0.05, 0) is 25.0 Å². The van der Waals surface area contributed by atoms with Gasteiger partial charge in [0.1, 0.15) is 5.76 Å². The van der Waals surface area contributed by atoms with Gasteiger partial charge in [0.2, 0.25) is 5.91 Å². The summed E-state index contributed by atoms with van der Waals surface area (Å²) in [4.78, 5) is 14.2. The lowest BCUT2D eigenvalue weighted by molar-refractivity contribution is -0.140. The van der Waals surface area contributed by atoms with Crippen LogP contribution in [0.15, 0.2) is 22.8 Å². The average Bonchev–Trinajstić information content (AvgIpc) is 2.99. The van der Waals surface area contributed by atoms with Gasteiger partial charge in [-0.3, -0.25) is 4.79 Å². The molecule has 1 aromatic rings. The number of furan rings is 1. The molecule has 0 saturated heterocycles. The molecule has 0 bridgehead atoms. The molecule has 102 valence electrons. The van der Waals surface area contributed by atoms with Crippen molar-refractivity contribution >= 4 is 18.3 Å². The van der Waals surface area contributed by atoms with Gasteiger partial charge >= 0.3 is 0 Å². The highest BCUT2D eigenvalue weighted by molar-refractivity contribution is 5.85. The van der Waals surface area contributed by atoms with Gasteiger partial charge in [-0.15, -0.1) is 12.4 Å².